The summed E-state index contributed by atoms with van der Waals surface area (Å²) in [6, 6.07) is -0.327. The normalized spacial score (nSPS) is 24.3. The van der Waals surface area contributed by atoms with E-state index in [1.807, 2.05) is 18.7 Å². The lowest BCUT2D eigenvalue weighted by atomic mass is 10.2. The van der Waals surface area contributed by atoms with Crippen LogP contribution in [0.2, 0.25) is 0 Å². The van der Waals surface area contributed by atoms with Crippen molar-refractivity contribution >= 4 is 17.7 Å². The molecule has 2 atom stereocenters. The molecule has 0 saturated carbocycles. The lowest BCUT2D eigenvalue weighted by Gasteiger charge is -2.13. The number of hydrogen-bond acceptors (Lipinski definition) is 3. The summed E-state index contributed by atoms with van der Waals surface area (Å²) < 4.78 is 0. The van der Waals surface area contributed by atoms with Gasteiger partial charge in [0, 0.05) is 11.8 Å². The molecule has 1 aliphatic heterocycles. The van der Waals surface area contributed by atoms with Crippen LogP contribution in [0.25, 0.3) is 0 Å². The van der Waals surface area contributed by atoms with Crippen LogP contribution in [-0.4, -0.2) is 29.5 Å². The molecule has 0 aromatic carbocycles. The molecule has 1 rings (SSSR count). The number of carbonyl (C=O) groups excluding carboxylic acids is 1. The molecule has 76 valence electrons. The van der Waals surface area contributed by atoms with Gasteiger partial charge in [-0.25, -0.2) is 0 Å². The fourth-order valence-electron chi connectivity index (χ4n) is 1.34. The Balaban J connectivity index is 2.13. The number of hydrogen-bond donors (Lipinski definition) is 2. The summed E-state index contributed by atoms with van der Waals surface area (Å²) in [4.78, 5) is 11.3. The number of nitrogens with one attached hydrogen (secondary N) is 1. The second-order valence-corrected chi connectivity index (χ2v) is 4.80. The minimum absolute atomic E-state index is 0.00463. The van der Waals surface area contributed by atoms with Crippen molar-refractivity contribution in [1.29, 1.82) is 0 Å². The van der Waals surface area contributed by atoms with Crippen molar-refractivity contribution in [1.82, 2.24) is 5.32 Å². The Morgan fingerprint density at radius 2 is 2.54 bits per heavy atom. The van der Waals surface area contributed by atoms with Crippen LogP contribution in [0.15, 0.2) is 0 Å². The summed E-state index contributed by atoms with van der Waals surface area (Å²) in [7, 11) is 0. The Kier molecular flexibility index (Phi) is 4.59. The highest BCUT2D eigenvalue weighted by Gasteiger charge is 2.17. The van der Waals surface area contributed by atoms with E-state index in [2.05, 4.69) is 5.32 Å². The van der Waals surface area contributed by atoms with Crippen molar-refractivity contribution < 1.29 is 4.79 Å². The average Bonchev–Trinajstić information content (AvgIpc) is 2.65. The molecule has 13 heavy (non-hydrogen) atoms. The molecule has 3 N–H and O–H groups in total. The van der Waals surface area contributed by atoms with Crippen LogP contribution in [-0.2, 0) is 4.79 Å². The van der Waals surface area contributed by atoms with Crippen LogP contribution in [0.1, 0.15) is 26.2 Å². The van der Waals surface area contributed by atoms with Gasteiger partial charge in [-0.1, -0.05) is 6.92 Å². The van der Waals surface area contributed by atoms with Crippen molar-refractivity contribution in [3.8, 4) is 0 Å². The first-order valence-corrected chi connectivity index (χ1v) is 5.93. The van der Waals surface area contributed by atoms with Crippen LogP contribution >= 0.6 is 11.8 Å². The Labute approximate surface area is 83.8 Å². The SMILES string of the molecule is CC[C@@H](N)C(=O)NCC1CCCS1. The van der Waals surface area contributed by atoms with Gasteiger partial charge in [0.2, 0.25) is 5.91 Å². The van der Waals surface area contributed by atoms with Gasteiger partial charge in [0.15, 0.2) is 0 Å². The predicted octanol–water partition coefficient (Wildman–Crippen LogP) is 0.735. The van der Waals surface area contributed by atoms with Crippen LogP contribution in [0.5, 0.6) is 0 Å². The molecular weight excluding hydrogens is 184 g/mol. The molecule has 3 nitrogen and oxygen atoms in total. The maximum Gasteiger partial charge on any atom is 0.236 e. The standard InChI is InChI=1S/C9H18N2OS/c1-2-8(10)9(12)11-6-7-4-3-5-13-7/h7-8H,2-6,10H2,1H3,(H,11,12)/t7?,8-/m1/s1. The Hall–Kier alpha value is -0.220. The Morgan fingerprint density at radius 3 is 3.08 bits per heavy atom. The van der Waals surface area contributed by atoms with Gasteiger partial charge in [0.25, 0.3) is 0 Å². The molecule has 1 unspecified atom stereocenters. The smallest absolute Gasteiger partial charge is 0.236 e. The first-order chi connectivity index (χ1) is 6.24. The molecule has 0 aliphatic carbocycles. The molecule has 0 aromatic rings. The summed E-state index contributed by atoms with van der Waals surface area (Å²) in [6.07, 6.45) is 3.22. The molecule has 1 amide bonds. The van der Waals surface area contributed by atoms with E-state index in [1.165, 1.54) is 18.6 Å². The molecule has 0 spiro atoms. The van der Waals surface area contributed by atoms with Gasteiger partial charge in [0.1, 0.15) is 0 Å². The van der Waals surface area contributed by atoms with Crippen molar-refractivity contribution in [3.63, 3.8) is 0 Å². The molecule has 1 heterocycles. The number of nitrogens with two attached hydrogens (primary N) is 1. The highest BCUT2D eigenvalue weighted by molar-refractivity contribution is 8.00. The highest BCUT2D eigenvalue weighted by atomic mass is 32.2. The number of thioether (sulfide) groups is 1. The minimum atomic E-state index is -0.327. The zero-order chi connectivity index (χ0) is 9.68. The lowest BCUT2D eigenvalue weighted by Crippen LogP contribution is -2.42. The topological polar surface area (TPSA) is 55.1 Å². The third kappa shape index (κ3) is 3.56. The fraction of sp³-hybridized carbons (Fsp3) is 0.889. The van der Waals surface area contributed by atoms with Crippen LogP contribution in [0.4, 0.5) is 0 Å². The molecule has 1 aliphatic rings. The van der Waals surface area contributed by atoms with E-state index >= 15 is 0 Å². The van der Waals surface area contributed by atoms with Gasteiger partial charge in [-0.3, -0.25) is 4.79 Å². The minimum Gasteiger partial charge on any atom is -0.354 e. The quantitative estimate of drug-likeness (QED) is 0.707. The molecule has 0 aromatic heterocycles. The lowest BCUT2D eigenvalue weighted by molar-refractivity contribution is -0.122. The summed E-state index contributed by atoms with van der Waals surface area (Å²) >= 11 is 1.95. The summed E-state index contributed by atoms with van der Waals surface area (Å²) in [5, 5.41) is 3.51. The Bertz CT molecular complexity index is 169. The molecule has 1 fully saturated rings. The van der Waals surface area contributed by atoms with Crippen molar-refractivity contribution in [2.75, 3.05) is 12.3 Å². The summed E-state index contributed by atoms with van der Waals surface area (Å²) in [6.45, 7) is 2.71. The second-order valence-electron chi connectivity index (χ2n) is 3.39. The third-order valence-corrected chi connectivity index (χ3v) is 3.70. The zero-order valence-corrected chi connectivity index (χ0v) is 8.90. The van der Waals surface area contributed by atoms with Gasteiger partial charge in [-0.05, 0) is 25.0 Å². The van der Waals surface area contributed by atoms with E-state index in [9.17, 15) is 4.79 Å². The van der Waals surface area contributed by atoms with Crippen molar-refractivity contribution in [2.24, 2.45) is 5.73 Å². The summed E-state index contributed by atoms with van der Waals surface area (Å²) in [5.74, 6) is 1.23. The summed E-state index contributed by atoms with van der Waals surface area (Å²) in [5.41, 5.74) is 5.58. The predicted molar refractivity (Wildman–Crippen MR) is 56.8 cm³/mol. The molecule has 1 saturated heterocycles. The van der Waals surface area contributed by atoms with E-state index in [0.717, 1.165) is 6.54 Å². The molecule has 0 bridgehead atoms. The largest absolute Gasteiger partial charge is 0.354 e. The monoisotopic (exact) mass is 202 g/mol. The molecule has 4 heteroatoms. The number of rotatable bonds is 4. The van der Waals surface area contributed by atoms with E-state index in [0.29, 0.717) is 11.7 Å². The van der Waals surface area contributed by atoms with Gasteiger partial charge >= 0.3 is 0 Å². The fourth-order valence-corrected chi connectivity index (χ4v) is 2.54. The van der Waals surface area contributed by atoms with Crippen LogP contribution < -0.4 is 11.1 Å². The van der Waals surface area contributed by atoms with E-state index in [-0.39, 0.29) is 11.9 Å². The van der Waals surface area contributed by atoms with Gasteiger partial charge in [0.05, 0.1) is 6.04 Å². The van der Waals surface area contributed by atoms with Crippen LogP contribution in [0.3, 0.4) is 0 Å². The van der Waals surface area contributed by atoms with Gasteiger partial charge < -0.3 is 11.1 Å². The molecule has 0 radical (unpaired) electrons. The second kappa shape index (κ2) is 5.50. The van der Waals surface area contributed by atoms with Crippen LogP contribution in [0, 0.1) is 0 Å². The molecular formula is C9H18N2OS. The number of carbonyl (C=O) groups is 1. The van der Waals surface area contributed by atoms with Crippen molar-refractivity contribution in [2.45, 2.75) is 37.5 Å². The third-order valence-electron chi connectivity index (χ3n) is 2.30. The van der Waals surface area contributed by atoms with E-state index in [1.54, 1.807) is 0 Å². The number of amides is 1. The van der Waals surface area contributed by atoms with E-state index in [4.69, 9.17) is 5.73 Å². The first-order valence-electron chi connectivity index (χ1n) is 4.89. The van der Waals surface area contributed by atoms with Gasteiger partial charge in [-0.15, -0.1) is 0 Å². The maximum atomic E-state index is 11.3. The zero-order valence-electron chi connectivity index (χ0n) is 8.08. The van der Waals surface area contributed by atoms with E-state index < -0.39 is 0 Å². The van der Waals surface area contributed by atoms with Crippen molar-refractivity contribution in [3.05, 3.63) is 0 Å². The van der Waals surface area contributed by atoms with Gasteiger partial charge in [-0.2, -0.15) is 11.8 Å². The first kappa shape index (κ1) is 10.9. The average molecular weight is 202 g/mol. The highest BCUT2D eigenvalue weighted by Crippen LogP contribution is 2.25. The maximum absolute atomic E-state index is 11.3. The Morgan fingerprint density at radius 1 is 1.77 bits per heavy atom.